The summed E-state index contributed by atoms with van der Waals surface area (Å²) in [6.45, 7) is 3.59. The molecule has 3 aliphatic rings. The Balaban J connectivity index is 1.51. The second-order valence-electron chi connectivity index (χ2n) is 7.60. The highest BCUT2D eigenvalue weighted by atomic mass is 16.2. The van der Waals surface area contributed by atoms with Crippen molar-refractivity contribution in [2.75, 3.05) is 33.2 Å². The van der Waals surface area contributed by atoms with Crippen molar-refractivity contribution in [2.24, 2.45) is 17.1 Å². The largest absolute Gasteiger partial charge is 0.369 e. The van der Waals surface area contributed by atoms with Crippen molar-refractivity contribution in [3.8, 4) is 0 Å². The highest BCUT2D eigenvalue weighted by molar-refractivity contribution is 5.81. The van der Waals surface area contributed by atoms with E-state index >= 15 is 0 Å². The fraction of sp³-hybridized carbons (Fsp3) is 0.882. The summed E-state index contributed by atoms with van der Waals surface area (Å²) in [5.41, 5.74) is 5.51. The van der Waals surface area contributed by atoms with Crippen LogP contribution in [0.4, 0.5) is 4.79 Å². The lowest BCUT2D eigenvalue weighted by atomic mass is 9.73. The number of hydrogen-bond donors (Lipinski definition) is 2. The van der Waals surface area contributed by atoms with Gasteiger partial charge < -0.3 is 20.9 Å². The SMILES string of the molecule is CNC(=O)N1CCC(N2CCC(CC3CC3)(C(N)=O)CC2)CC1. The van der Waals surface area contributed by atoms with Crippen LogP contribution < -0.4 is 11.1 Å². The van der Waals surface area contributed by atoms with E-state index in [0.29, 0.717) is 6.04 Å². The van der Waals surface area contributed by atoms with E-state index in [-0.39, 0.29) is 17.4 Å². The molecule has 3 N–H and O–H groups in total. The minimum Gasteiger partial charge on any atom is -0.369 e. The molecule has 23 heavy (non-hydrogen) atoms. The molecule has 6 heteroatoms. The quantitative estimate of drug-likeness (QED) is 0.815. The number of carbonyl (C=O) groups excluding carboxylic acids is 2. The van der Waals surface area contributed by atoms with Crippen molar-refractivity contribution in [3.05, 3.63) is 0 Å². The molecule has 3 fully saturated rings. The van der Waals surface area contributed by atoms with E-state index in [2.05, 4.69) is 10.2 Å². The summed E-state index contributed by atoms with van der Waals surface area (Å²) < 4.78 is 0. The molecule has 1 saturated carbocycles. The Kier molecular flexibility index (Phi) is 4.80. The van der Waals surface area contributed by atoms with Crippen LogP contribution in [0.25, 0.3) is 0 Å². The maximum atomic E-state index is 12.0. The van der Waals surface area contributed by atoms with Gasteiger partial charge in [0.25, 0.3) is 0 Å². The van der Waals surface area contributed by atoms with Gasteiger partial charge in [-0.05, 0) is 51.1 Å². The van der Waals surface area contributed by atoms with Crippen molar-refractivity contribution in [1.29, 1.82) is 0 Å². The van der Waals surface area contributed by atoms with Crippen LogP contribution in [0.15, 0.2) is 0 Å². The first kappa shape index (κ1) is 16.6. The number of nitrogens with one attached hydrogen (secondary N) is 1. The zero-order chi connectivity index (χ0) is 16.4. The third kappa shape index (κ3) is 3.62. The van der Waals surface area contributed by atoms with E-state index in [0.717, 1.165) is 64.2 Å². The van der Waals surface area contributed by atoms with Crippen LogP contribution in [0.3, 0.4) is 0 Å². The standard InChI is InChI=1S/C17H30N4O2/c1-19-16(23)21-8-4-14(5-9-21)20-10-6-17(7-11-20,15(18)22)12-13-2-3-13/h13-14H,2-12H2,1H3,(H2,18,22)(H,19,23). The van der Waals surface area contributed by atoms with Gasteiger partial charge in [-0.15, -0.1) is 0 Å². The Labute approximate surface area is 138 Å². The summed E-state index contributed by atoms with van der Waals surface area (Å²) in [4.78, 5) is 28.1. The number of carbonyl (C=O) groups is 2. The van der Waals surface area contributed by atoms with Crippen LogP contribution in [0, 0.1) is 11.3 Å². The molecule has 6 nitrogen and oxygen atoms in total. The lowest BCUT2D eigenvalue weighted by Crippen LogP contribution is -2.53. The molecule has 2 heterocycles. The van der Waals surface area contributed by atoms with Gasteiger partial charge in [-0.25, -0.2) is 4.79 Å². The van der Waals surface area contributed by atoms with Crippen LogP contribution in [0.2, 0.25) is 0 Å². The highest BCUT2D eigenvalue weighted by Crippen LogP contribution is 2.46. The minimum absolute atomic E-state index is 0.0271. The number of primary amides is 1. The Hall–Kier alpha value is -1.30. The van der Waals surface area contributed by atoms with Crippen molar-refractivity contribution >= 4 is 11.9 Å². The summed E-state index contributed by atoms with van der Waals surface area (Å²) in [6, 6.07) is 0.571. The maximum absolute atomic E-state index is 12.0. The van der Waals surface area contributed by atoms with Gasteiger partial charge in [0.1, 0.15) is 0 Å². The molecule has 0 radical (unpaired) electrons. The zero-order valence-corrected chi connectivity index (χ0v) is 14.2. The topological polar surface area (TPSA) is 78.7 Å². The van der Waals surface area contributed by atoms with E-state index in [4.69, 9.17) is 5.73 Å². The Morgan fingerprint density at radius 1 is 1.09 bits per heavy atom. The Morgan fingerprint density at radius 3 is 2.17 bits per heavy atom. The summed E-state index contributed by atoms with van der Waals surface area (Å²) in [5, 5.41) is 2.70. The van der Waals surface area contributed by atoms with Crippen molar-refractivity contribution in [2.45, 2.75) is 51.0 Å². The number of hydrogen-bond acceptors (Lipinski definition) is 3. The van der Waals surface area contributed by atoms with Crippen molar-refractivity contribution in [3.63, 3.8) is 0 Å². The van der Waals surface area contributed by atoms with E-state index in [1.807, 2.05) is 4.90 Å². The van der Waals surface area contributed by atoms with E-state index in [9.17, 15) is 9.59 Å². The molecule has 1 aliphatic carbocycles. The second kappa shape index (κ2) is 6.67. The van der Waals surface area contributed by atoms with Crippen molar-refractivity contribution in [1.82, 2.24) is 15.1 Å². The van der Waals surface area contributed by atoms with Crippen LogP contribution in [0.1, 0.15) is 44.9 Å². The van der Waals surface area contributed by atoms with Gasteiger partial charge in [0.2, 0.25) is 5.91 Å². The predicted octanol–water partition coefficient (Wildman–Crippen LogP) is 1.16. The molecule has 0 spiro atoms. The van der Waals surface area contributed by atoms with Gasteiger partial charge >= 0.3 is 6.03 Å². The molecule has 0 unspecified atom stereocenters. The Bertz CT molecular complexity index is 448. The summed E-state index contributed by atoms with van der Waals surface area (Å²) in [6.07, 6.45) is 7.43. The molecule has 3 rings (SSSR count). The first-order valence-corrected chi connectivity index (χ1v) is 9.05. The lowest BCUT2D eigenvalue weighted by Gasteiger charge is -2.45. The van der Waals surface area contributed by atoms with Gasteiger partial charge in [-0.2, -0.15) is 0 Å². The number of urea groups is 1. The molecular formula is C17H30N4O2. The second-order valence-corrected chi connectivity index (χ2v) is 7.60. The van der Waals surface area contributed by atoms with E-state index in [1.54, 1.807) is 7.05 Å². The number of likely N-dealkylation sites (tertiary alicyclic amines) is 2. The minimum atomic E-state index is -0.250. The predicted molar refractivity (Wildman–Crippen MR) is 88.8 cm³/mol. The number of piperidine rings is 2. The number of amides is 3. The first-order valence-electron chi connectivity index (χ1n) is 9.05. The van der Waals surface area contributed by atoms with E-state index in [1.165, 1.54) is 12.8 Å². The Morgan fingerprint density at radius 2 is 1.70 bits per heavy atom. The molecule has 0 atom stereocenters. The molecule has 2 saturated heterocycles. The monoisotopic (exact) mass is 322 g/mol. The number of rotatable bonds is 4. The zero-order valence-electron chi connectivity index (χ0n) is 14.2. The highest BCUT2D eigenvalue weighted by Gasteiger charge is 2.44. The fourth-order valence-corrected chi connectivity index (χ4v) is 4.34. The van der Waals surface area contributed by atoms with Crippen molar-refractivity contribution < 1.29 is 9.59 Å². The summed E-state index contributed by atoms with van der Waals surface area (Å²) in [7, 11) is 1.68. The van der Waals surface area contributed by atoms with Gasteiger partial charge in [-0.1, -0.05) is 12.8 Å². The van der Waals surface area contributed by atoms with Crippen LogP contribution >= 0.6 is 0 Å². The molecule has 0 aromatic rings. The third-order valence-corrected chi connectivity index (χ3v) is 6.14. The lowest BCUT2D eigenvalue weighted by molar-refractivity contribution is -0.132. The summed E-state index contributed by atoms with van der Waals surface area (Å²) >= 11 is 0. The van der Waals surface area contributed by atoms with Crippen LogP contribution in [-0.4, -0.2) is 61.0 Å². The maximum Gasteiger partial charge on any atom is 0.317 e. The molecular weight excluding hydrogens is 292 g/mol. The summed E-state index contributed by atoms with van der Waals surface area (Å²) in [5.74, 6) is 0.656. The number of nitrogens with zero attached hydrogens (tertiary/aromatic N) is 2. The third-order valence-electron chi connectivity index (χ3n) is 6.14. The molecule has 0 aromatic carbocycles. The number of nitrogens with two attached hydrogens (primary N) is 1. The first-order chi connectivity index (χ1) is 11.0. The van der Waals surface area contributed by atoms with Gasteiger partial charge in [-0.3, -0.25) is 4.79 Å². The van der Waals surface area contributed by atoms with Gasteiger partial charge in [0, 0.05) is 26.2 Å². The molecule has 3 amide bonds. The molecule has 0 bridgehead atoms. The average Bonchev–Trinajstić information content (AvgIpc) is 3.38. The van der Waals surface area contributed by atoms with Crippen LogP contribution in [-0.2, 0) is 4.79 Å². The van der Waals surface area contributed by atoms with Gasteiger partial charge in [0.15, 0.2) is 0 Å². The molecule has 0 aromatic heterocycles. The smallest absolute Gasteiger partial charge is 0.317 e. The fourth-order valence-electron chi connectivity index (χ4n) is 4.34. The van der Waals surface area contributed by atoms with Crippen LogP contribution in [0.5, 0.6) is 0 Å². The molecule has 2 aliphatic heterocycles. The normalized spacial score (nSPS) is 26.0. The van der Waals surface area contributed by atoms with E-state index < -0.39 is 0 Å². The van der Waals surface area contributed by atoms with Gasteiger partial charge in [0.05, 0.1) is 5.41 Å². The molecule has 130 valence electrons. The average molecular weight is 322 g/mol.